The molecular weight excluding hydrogens is 252 g/mol. The van der Waals surface area contributed by atoms with E-state index < -0.39 is 0 Å². The summed E-state index contributed by atoms with van der Waals surface area (Å²) in [5.41, 5.74) is 0. The normalized spacial score (nSPS) is 32.8. The minimum Gasteiger partial charge on any atom is -0.312 e. The molecule has 2 rings (SSSR count). The Bertz CT molecular complexity index is 306. The summed E-state index contributed by atoms with van der Waals surface area (Å²) >= 11 is 0. The zero-order valence-corrected chi connectivity index (χ0v) is 13.4. The van der Waals surface area contributed by atoms with Gasteiger partial charge in [0.2, 0.25) is 0 Å². The average Bonchev–Trinajstić information content (AvgIpc) is 2.45. The lowest BCUT2D eigenvalue weighted by atomic mass is 10.0. The number of hydrogen-bond acceptors (Lipinski definition) is 5. The third kappa shape index (κ3) is 3.79. The van der Waals surface area contributed by atoms with E-state index in [2.05, 4.69) is 48.1 Å². The summed E-state index contributed by atoms with van der Waals surface area (Å²) in [5.74, 6) is 0.369. The Balaban J connectivity index is 1.91. The van der Waals surface area contributed by atoms with Crippen molar-refractivity contribution in [2.45, 2.75) is 51.9 Å². The molecule has 116 valence electrons. The molecule has 4 unspecified atom stereocenters. The van der Waals surface area contributed by atoms with Gasteiger partial charge >= 0.3 is 0 Å². The largest absolute Gasteiger partial charge is 0.312 e. The lowest BCUT2D eigenvalue weighted by Crippen LogP contribution is -2.59. The molecule has 0 aromatic heterocycles. The third-order valence-electron chi connectivity index (χ3n) is 4.72. The van der Waals surface area contributed by atoms with Crippen molar-refractivity contribution in [2.75, 3.05) is 39.3 Å². The van der Waals surface area contributed by atoms with Gasteiger partial charge in [-0.25, -0.2) is 0 Å². The fourth-order valence-electron chi connectivity index (χ4n) is 3.34. The fraction of sp³-hybridized carbons (Fsp3) is 0.933. The van der Waals surface area contributed by atoms with E-state index in [1.54, 1.807) is 0 Å². The molecule has 5 nitrogen and oxygen atoms in total. The summed E-state index contributed by atoms with van der Waals surface area (Å²) in [5, 5.41) is 6.86. The second-order valence-corrected chi connectivity index (χ2v) is 6.45. The summed E-state index contributed by atoms with van der Waals surface area (Å²) in [6.07, 6.45) is 0. The van der Waals surface area contributed by atoms with Gasteiger partial charge in [-0.2, -0.15) is 0 Å². The second kappa shape index (κ2) is 6.98. The van der Waals surface area contributed by atoms with E-state index in [9.17, 15) is 4.79 Å². The highest BCUT2D eigenvalue weighted by molar-refractivity contribution is 5.88. The van der Waals surface area contributed by atoms with Crippen LogP contribution in [0.3, 0.4) is 0 Å². The molecule has 4 atom stereocenters. The molecule has 2 saturated heterocycles. The lowest BCUT2D eigenvalue weighted by Gasteiger charge is -2.40. The Morgan fingerprint density at radius 3 is 1.70 bits per heavy atom. The maximum Gasteiger partial charge on any atom is 0.166 e. The van der Waals surface area contributed by atoms with Crippen LogP contribution < -0.4 is 10.6 Å². The molecule has 0 bridgehead atoms. The molecule has 0 saturated carbocycles. The molecule has 2 fully saturated rings. The highest BCUT2D eigenvalue weighted by atomic mass is 16.1. The van der Waals surface area contributed by atoms with Crippen molar-refractivity contribution in [3.05, 3.63) is 0 Å². The van der Waals surface area contributed by atoms with Crippen LogP contribution in [0.1, 0.15) is 27.7 Å². The van der Waals surface area contributed by atoms with Crippen LogP contribution >= 0.6 is 0 Å². The number of Topliss-reactive ketones (excluding diaryl/α,β-unsaturated/α-hetero) is 1. The zero-order valence-electron chi connectivity index (χ0n) is 13.4. The quantitative estimate of drug-likeness (QED) is 0.755. The number of nitrogens with zero attached hydrogens (tertiary/aromatic N) is 2. The fourth-order valence-corrected chi connectivity index (χ4v) is 3.34. The van der Waals surface area contributed by atoms with Crippen molar-refractivity contribution < 1.29 is 4.79 Å². The van der Waals surface area contributed by atoms with E-state index in [0.29, 0.717) is 17.9 Å². The molecule has 0 aliphatic carbocycles. The summed E-state index contributed by atoms with van der Waals surface area (Å²) in [6.45, 7) is 14.4. The van der Waals surface area contributed by atoms with Crippen molar-refractivity contribution in [3.63, 3.8) is 0 Å². The molecular formula is C15H30N4O. The van der Waals surface area contributed by atoms with E-state index >= 15 is 0 Å². The van der Waals surface area contributed by atoms with Gasteiger partial charge in [0.25, 0.3) is 0 Å². The Morgan fingerprint density at radius 2 is 1.35 bits per heavy atom. The van der Waals surface area contributed by atoms with Crippen LogP contribution in [-0.4, -0.2) is 79.0 Å². The predicted molar refractivity (Wildman–Crippen MR) is 82.0 cm³/mol. The minimum absolute atomic E-state index is 0.0275. The SMILES string of the molecule is CC1CN(C(C)C(=O)C(C)N2CCNC(C)C2)CCN1. The molecule has 2 heterocycles. The average molecular weight is 282 g/mol. The highest BCUT2D eigenvalue weighted by Gasteiger charge is 2.32. The molecule has 2 N–H and O–H groups in total. The smallest absolute Gasteiger partial charge is 0.166 e. The van der Waals surface area contributed by atoms with Gasteiger partial charge in [0.1, 0.15) is 0 Å². The number of rotatable bonds is 4. The topological polar surface area (TPSA) is 47.6 Å². The first kappa shape index (κ1) is 15.9. The van der Waals surface area contributed by atoms with Crippen molar-refractivity contribution >= 4 is 5.78 Å². The van der Waals surface area contributed by atoms with Gasteiger partial charge in [-0.3, -0.25) is 14.6 Å². The van der Waals surface area contributed by atoms with Crippen LogP contribution in [-0.2, 0) is 4.79 Å². The minimum atomic E-state index is 0.0275. The van der Waals surface area contributed by atoms with Gasteiger partial charge in [0.05, 0.1) is 12.1 Å². The van der Waals surface area contributed by atoms with Gasteiger partial charge in [0, 0.05) is 51.4 Å². The van der Waals surface area contributed by atoms with E-state index in [4.69, 9.17) is 0 Å². The van der Waals surface area contributed by atoms with Crippen LogP contribution in [0.5, 0.6) is 0 Å². The number of piperazine rings is 2. The zero-order chi connectivity index (χ0) is 14.7. The van der Waals surface area contributed by atoms with E-state index in [1.165, 1.54) is 0 Å². The molecule has 2 aliphatic heterocycles. The van der Waals surface area contributed by atoms with Gasteiger partial charge < -0.3 is 10.6 Å². The maximum atomic E-state index is 12.7. The van der Waals surface area contributed by atoms with Crippen molar-refractivity contribution in [1.82, 2.24) is 20.4 Å². The summed E-state index contributed by atoms with van der Waals surface area (Å²) in [4.78, 5) is 17.4. The summed E-state index contributed by atoms with van der Waals surface area (Å²) < 4.78 is 0. The van der Waals surface area contributed by atoms with Gasteiger partial charge in [-0.15, -0.1) is 0 Å². The molecule has 2 aliphatic rings. The molecule has 0 radical (unpaired) electrons. The summed E-state index contributed by atoms with van der Waals surface area (Å²) in [6, 6.07) is 1.02. The van der Waals surface area contributed by atoms with Crippen LogP contribution in [0.2, 0.25) is 0 Å². The number of nitrogens with one attached hydrogen (secondary N) is 2. The van der Waals surface area contributed by atoms with E-state index in [0.717, 1.165) is 39.3 Å². The monoisotopic (exact) mass is 282 g/mol. The first-order valence-electron chi connectivity index (χ1n) is 7.97. The van der Waals surface area contributed by atoms with Crippen LogP contribution in [0, 0.1) is 0 Å². The Kier molecular flexibility index (Phi) is 5.55. The molecule has 0 aromatic carbocycles. The van der Waals surface area contributed by atoms with Crippen LogP contribution in [0.4, 0.5) is 0 Å². The van der Waals surface area contributed by atoms with Crippen molar-refractivity contribution in [2.24, 2.45) is 0 Å². The third-order valence-corrected chi connectivity index (χ3v) is 4.72. The van der Waals surface area contributed by atoms with Crippen molar-refractivity contribution in [3.8, 4) is 0 Å². The first-order valence-corrected chi connectivity index (χ1v) is 7.97. The van der Waals surface area contributed by atoms with Crippen molar-refractivity contribution in [1.29, 1.82) is 0 Å². The van der Waals surface area contributed by atoms with E-state index in [-0.39, 0.29) is 12.1 Å². The highest BCUT2D eigenvalue weighted by Crippen LogP contribution is 2.12. The predicted octanol–water partition coefficient (Wildman–Crippen LogP) is -0.0801. The molecule has 0 aromatic rings. The Morgan fingerprint density at radius 1 is 0.950 bits per heavy atom. The number of hydrogen-bond donors (Lipinski definition) is 2. The number of carbonyl (C=O) groups excluding carboxylic acids is 1. The maximum absolute atomic E-state index is 12.7. The van der Waals surface area contributed by atoms with Crippen LogP contribution in [0.25, 0.3) is 0 Å². The van der Waals surface area contributed by atoms with Crippen LogP contribution in [0.15, 0.2) is 0 Å². The number of carbonyl (C=O) groups is 1. The molecule has 0 amide bonds. The lowest BCUT2D eigenvalue weighted by molar-refractivity contribution is -0.129. The molecule has 5 heteroatoms. The van der Waals surface area contributed by atoms with E-state index in [1.807, 2.05) is 0 Å². The van der Waals surface area contributed by atoms with Gasteiger partial charge in [-0.1, -0.05) is 0 Å². The molecule has 0 spiro atoms. The Hall–Kier alpha value is -0.490. The standard InChI is InChI=1S/C15H30N4O/c1-11-9-18(7-5-16-11)13(3)15(20)14(4)19-8-6-17-12(2)10-19/h11-14,16-17H,5-10H2,1-4H3. The van der Waals surface area contributed by atoms with Gasteiger partial charge in [-0.05, 0) is 27.7 Å². The second-order valence-electron chi connectivity index (χ2n) is 6.45. The Labute approximate surface area is 123 Å². The van der Waals surface area contributed by atoms with Gasteiger partial charge in [0.15, 0.2) is 5.78 Å². The molecule has 20 heavy (non-hydrogen) atoms. The number of ketones is 1. The first-order chi connectivity index (χ1) is 9.49. The summed E-state index contributed by atoms with van der Waals surface area (Å²) in [7, 11) is 0.